The largest absolute Gasteiger partial charge is 0.376 e. The van der Waals surface area contributed by atoms with Crippen molar-refractivity contribution in [3.05, 3.63) is 48.4 Å². The first kappa shape index (κ1) is 18.4. The van der Waals surface area contributed by atoms with Crippen molar-refractivity contribution >= 4 is 17.4 Å². The molecule has 1 atom stereocenters. The maximum Gasteiger partial charge on any atom is 0.221 e. The topological polar surface area (TPSA) is 80.5 Å². The van der Waals surface area contributed by atoms with Gasteiger partial charge in [-0.25, -0.2) is 4.98 Å². The summed E-state index contributed by atoms with van der Waals surface area (Å²) in [6.45, 7) is 3.97. The highest BCUT2D eigenvalue weighted by molar-refractivity contribution is 5.78. The molecular weight excluding hydrogens is 354 g/mol. The van der Waals surface area contributed by atoms with Gasteiger partial charge in [0.15, 0.2) is 5.65 Å². The van der Waals surface area contributed by atoms with E-state index in [-0.39, 0.29) is 12.0 Å². The molecule has 3 aromatic rings. The number of hydrogen-bond acceptors (Lipinski definition) is 5. The summed E-state index contributed by atoms with van der Waals surface area (Å²) in [7, 11) is 0. The van der Waals surface area contributed by atoms with Gasteiger partial charge in [-0.2, -0.15) is 0 Å². The van der Waals surface area contributed by atoms with E-state index in [9.17, 15) is 4.79 Å². The molecule has 7 heteroatoms. The van der Waals surface area contributed by atoms with Crippen molar-refractivity contribution in [3.63, 3.8) is 0 Å². The van der Waals surface area contributed by atoms with E-state index >= 15 is 0 Å². The van der Waals surface area contributed by atoms with Gasteiger partial charge in [0.2, 0.25) is 5.91 Å². The standard InChI is InChI=1S/C21H25N5O2/c1-15-4-2-5-16(12-15)20-21(26-10-9-22-14-18(26)25-20)23-8-7-19(27)24-13-17-6-3-11-28-17/h2,4-5,9-10,12,14,17,23H,3,6-8,11,13H2,1H3,(H,24,27)/t17-/m0/s1. The first-order chi connectivity index (χ1) is 13.7. The second-order valence-corrected chi connectivity index (χ2v) is 7.10. The molecule has 0 aliphatic carbocycles. The number of rotatable bonds is 7. The van der Waals surface area contributed by atoms with Crippen molar-refractivity contribution in [3.8, 4) is 11.3 Å². The third-order valence-corrected chi connectivity index (χ3v) is 4.92. The molecule has 0 radical (unpaired) electrons. The Balaban J connectivity index is 1.45. The van der Waals surface area contributed by atoms with Crippen LogP contribution in [-0.2, 0) is 9.53 Å². The fourth-order valence-corrected chi connectivity index (χ4v) is 3.49. The van der Waals surface area contributed by atoms with Crippen LogP contribution in [0, 0.1) is 6.92 Å². The summed E-state index contributed by atoms with van der Waals surface area (Å²) in [5, 5.41) is 6.35. The molecule has 1 amide bonds. The van der Waals surface area contributed by atoms with E-state index in [1.807, 2.05) is 22.7 Å². The Hall–Kier alpha value is -2.93. The Kier molecular flexibility index (Phi) is 5.53. The Labute approximate surface area is 164 Å². The number of ether oxygens (including phenoxy) is 1. The summed E-state index contributed by atoms with van der Waals surface area (Å²) >= 11 is 0. The number of carbonyl (C=O) groups excluding carboxylic acids is 1. The summed E-state index contributed by atoms with van der Waals surface area (Å²) in [5.74, 6) is 0.894. The van der Waals surface area contributed by atoms with Crippen molar-refractivity contribution in [2.75, 3.05) is 25.0 Å². The zero-order chi connectivity index (χ0) is 19.3. The summed E-state index contributed by atoms with van der Waals surface area (Å²) < 4.78 is 7.51. The molecule has 4 rings (SSSR count). The molecule has 2 N–H and O–H groups in total. The third-order valence-electron chi connectivity index (χ3n) is 4.92. The molecule has 0 unspecified atom stereocenters. The normalized spacial score (nSPS) is 16.4. The Morgan fingerprint density at radius 2 is 2.32 bits per heavy atom. The van der Waals surface area contributed by atoms with Crippen LogP contribution in [0.5, 0.6) is 0 Å². The van der Waals surface area contributed by atoms with Crippen molar-refractivity contribution in [2.24, 2.45) is 0 Å². The first-order valence-electron chi connectivity index (χ1n) is 9.72. The van der Waals surface area contributed by atoms with Crippen LogP contribution in [0.15, 0.2) is 42.9 Å². The Bertz CT molecular complexity index is 962. The molecular formula is C21H25N5O2. The van der Waals surface area contributed by atoms with E-state index in [0.29, 0.717) is 19.5 Å². The molecule has 1 fully saturated rings. The Morgan fingerprint density at radius 3 is 3.14 bits per heavy atom. The number of nitrogens with zero attached hydrogens (tertiary/aromatic N) is 3. The first-order valence-corrected chi connectivity index (χ1v) is 9.72. The molecule has 1 aliphatic rings. The van der Waals surface area contributed by atoms with Crippen LogP contribution in [0.3, 0.4) is 0 Å². The van der Waals surface area contributed by atoms with Crippen molar-refractivity contribution in [2.45, 2.75) is 32.3 Å². The van der Waals surface area contributed by atoms with Gasteiger partial charge in [-0.05, 0) is 25.8 Å². The smallest absolute Gasteiger partial charge is 0.221 e. The van der Waals surface area contributed by atoms with Crippen molar-refractivity contribution in [1.29, 1.82) is 0 Å². The van der Waals surface area contributed by atoms with E-state index in [2.05, 4.69) is 34.7 Å². The summed E-state index contributed by atoms with van der Waals surface area (Å²) in [5.41, 5.74) is 3.84. The zero-order valence-electron chi connectivity index (χ0n) is 16.0. The van der Waals surface area contributed by atoms with Gasteiger partial charge < -0.3 is 15.4 Å². The molecule has 0 spiro atoms. The molecule has 0 bridgehead atoms. The average molecular weight is 379 g/mol. The number of aryl methyl sites for hydroxylation is 1. The van der Waals surface area contributed by atoms with E-state index < -0.39 is 0 Å². The number of imidazole rings is 1. The quantitative estimate of drug-likeness (QED) is 0.660. The SMILES string of the molecule is Cc1cccc(-c2nc3cnccn3c2NCCC(=O)NC[C@@H]2CCCO2)c1. The maximum absolute atomic E-state index is 12.2. The number of nitrogens with one attached hydrogen (secondary N) is 2. The number of carbonyl (C=O) groups is 1. The van der Waals surface area contributed by atoms with Crippen LogP contribution in [-0.4, -0.2) is 46.1 Å². The zero-order valence-corrected chi connectivity index (χ0v) is 16.0. The van der Waals surface area contributed by atoms with Gasteiger partial charge in [-0.3, -0.25) is 14.2 Å². The average Bonchev–Trinajstić information content (AvgIpc) is 3.34. The van der Waals surface area contributed by atoms with Crippen molar-refractivity contribution < 1.29 is 9.53 Å². The van der Waals surface area contributed by atoms with Crippen LogP contribution in [0.2, 0.25) is 0 Å². The second-order valence-electron chi connectivity index (χ2n) is 7.10. The van der Waals surface area contributed by atoms with Crippen LogP contribution in [0.4, 0.5) is 5.82 Å². The van der Waals surface area contributed by atoms with Crippen LogP contribution < -0.4 is 10.6 Å². The van der Waals surface area contributed by atoms with Gasteiger partial charge in [-0.1, -0.05) is 23.8 Å². The minimum absolute atomic E-state index is 0.0237. The number of hydrogen-bond donors (Lipinski definition) is 2. The predicted octanol–water partition coefficient (Wildman–Crippen LogP) is 2.80. The highest BCUT2D eigenvalue weighted by Crippen LogP contribution is 2.29. The molecule has 1 saturated heterocycles. The van der Waals surface area contributed by atoms with E-state index in [4.69, 9.17) is 9.72 Å². The van der Waals surface area contributed by atoms with Gasteiger partial charge in [0.05, 0.1) is 12.3 Å². The third kappa shape index (κ3) is 4.14. The lowest BCUT2D eigenvalue weighted by Crippen LogP contribution is -2.32. The molecule has 1 aromatic carbocycles. The number of fused-ring (bicyclic) bond motifs is 1. The van der Waals surface area contributed by atoms with Gasteiger partial charge in [0.1, 0.15) is 11.5 Å². The van der Waals surface area contributed by atoms with Gasteiger partial charge in [0.25, 0.3) is 0 Å². The summed E-state index contributed by atoms with van der Waals surface area (Å²) in [6.07, 6.45) is 7.99. The minimum Gasteiger partial charge on any atom is -0.376 e. The molecule has 3 heterocycles. The van der Waals surface area contributed by atoms with Crippen LogP contribution in [0.25, 0.3) is 16.9 Å². The fourth-order valence-electron chi connectivity index (χ4n) is 3.49. The van der Waals surface area contributed by atoms with Crippen molar-refractivity contribution in [1.82, 2.24) is 19.7 Å². The highest BCUT2D eigenvalue weighted by Gasteiger charge is 2.17. The molecule has 0 saturated carbocycles. The lowest BCUT2D eigenvalue weighted by molar-refractivity contribution is -0.121. The lowest BCUT2D eigenvalue weighted by Gasteiger charge is -2.12. The summed E-state index contributed by atoms with van der Waals surface area (Å²) in [6, 6.07) is 8.23. The number of aromatic nitrogens is 3. The fraction of sp³-hybridized carbons (Fsp3) is 0.381. The van der Waals surface area contributed by atoms with Gasteiger partial charge in [-0.15, -0.1) is 0 Å². The second kappa shape index (κ2) is 8.39. The molecule has 2 aromatic heterocycles. The van der Waals surface area contributed by atoms with E-state index in [1.54, 1.807) is 12.4 Å². The lowest BCUT2D eigenvalue weighted by atomic mass is 10.1. The number of benzene rings is 1. The Morgan fingerprint density at radius 1 is 1.39 bits per heavy atom. The predicted molar refractivity (Wildman–Crippen MR) is 108 cm³/mol. The summed E-state index contributed by atoms with van der Waals surface area (Å²) in [4.78, 5) is 21.0. The van der Waals surface area contributed by atoms with Crippen LogP contribution in [0.1, 0.15) is 24.8 Å². The van der Waals surface area contributed by atoms with E-state index in [1.165, 1.54) is 5.56 Å². The maximum atomic E-state index is 12.2. The molecule has 28 heavy (non-hydrogen) atoms. The molecule has 146 valence electrons. The monoisotopic (exact) mass is 379 g/mol. The number of amides is 1. The number of anilines is 1. The van der Waals surface area contributed by atoms with Gasteiger partial charge in [0, 0.05) is 44.1 Å². The molecule has 7 nitrogen and oxygen atoms in total. The minimum atomic E-state index is 0.0237. The molecule has 1 aliphatic heterocycles. The van der Waals surface area contributed by atoms with E-state index in [0.717, 1.165) is 42.2 Å². The van der Waals surface area contributed by atoms with Gasteiger partial charge >= 0.3 is 0 Å². The van der Waals surface area contributed by atoms with Crippen LogP contribution >= 0.6 is 0 Å². The highest BCUT2D eigenvalue weighted by atomic mass is 16.5.